The van der Waals surface area contributed by atoms with Crippen LogP contribution in [-0.4, -0.2) is 44.5 Å². The summed E-state index contributed by atoms with van der Waals surface area (Å²) in [6.07, 6.45) is 4.63. The van der Waals surface area contributed by atoms with Gasteiger partial charge in [0, 0.05) is 12.7 Å². The minimum Gasteiger partial charge on any atom is -0.303 e. The fraction of sp³-hybridized carbons (Fsp3) is 0.538. The highest BCUT2D eigenvalue weighted by Gasteiger charge is 2.19. The number of sulfonamides is 1. The lowest BCUT2D eigenvalue weighted by molar-refractivity contribution is 0.334. The molecule has 1 saturated heterocycles. The van der Waals surface area contributed by atoms with Gasteiger partial charge in [-0.25, -0.2) is 18.1 Å². The summed E-state index contributed by atoms with van der Waals surface area (Å²) in [7, 11) is -3.65. The molecule has 0 amide bonds. The fourth-order valence-electron chi connectivity index (χ4n) is 2.28. The zero-order chi connectivity index (χ0) is 14.4. The summed E-state index contributed by atoms with van der Waals surface area (Å²) in [5, 5.41) is 8.89. The summed E-state index contributed by atoms with van der Waals surface area (Å²) in [6.45, 7) is 3.49. The molecule has 1 fully saturated rings. The number of nitrogens with zero attached hydrogens (tertiary/aromatic N) is 3. The van der Waals surface area contributed by atoms with Crippen molar-refractivity contribution < 1.29 is 8.42 Å². The predicted molar refractivity (Wildman–Crippen MR) is 74.4 cm³/mol. The summed E-state index contributed by atoms with van der Waals surface area (Å²) < 4.78 is 26.7. The van der Waals surface area contributed by atoms with Crippen molar-refractivity contribution in [3.63, 3.8) is 0 Å². The van der Waals surface area contributed by atoms with Crippen molar-refractivity contribution in [1.82, 2.24) is 14.6 Å². The number of likely N-dealkylation sites (tertiary alicyclic amines) is 1. The van der Waals surface area contributed by atoms with Crippen LogP contribution in [0, 0.1) is 11.3 Å². The molecule has 0 aliphatic carbocycles. The number of rotatable bonds is 6. The van der Waals surface area contributed by atoms with Gasteiger partial charge >= 0.3 is 0 Å². The van der Waals surface area contributed by atoms with Crippen LogP contribution in [0.1, 0.15) is 25.0 Å². The largest absolute Gasteiger partial charge is 0.303 e. The Bertz CT molecular complexity index is 589. The first-order valence-corrected chi connectivity index (χ1v) is 8.19. The normalized spacial score (nSPS) is 16.1. The molecule has 20 heavy (non-hydrogen) atoms. The molecule has 0 bridgehead atoms. The third kappa shape index (κ3) is 3.76. The van der Waals surface area contributed by atoms with Crippen molar-refractivity contribution in [3.05, 3.63) is 24.0 Å². The third-order valence-corrected chi connectivity index (χ3v) is 4.80. The van der Waals surface area contributed by atoms with Crippen LogP contribution in [0.15, 0.2) is 23.2 Å². The van der Waals surface area contributed by atoms with Crippen LogP contribution in [0.3, 0.4) is 0 Å². The van der Waals surface area contributed by atoms with E-state index < -0.39 is 10.0 Å². The van der Waals surface area contributed by atoms with Crippen LogP contribution in [-0.2, 0) is 10.0 Å². The molecule has 0 atom stereocenters. The Morgan fingerprint density at radius 1 is 1.40 bits per heavy atom. The van der Waals surface area contributed by atoms with Gasteiger partial charge in [-0.1, -0.05) is 0 Å². The van der Waals surface area contributed by atoms with E-state index in [4.69, 9.17) is 5.26 Å². The summed E-state index contributed by atoms with van der Waals surface area (Å²) in [4.78, 5) is 6.05. The zero-order valence-corrected chi connectivity index (χ0v) is 12.1. The lowest BCUT2D eigenvalue weighted by Gasteiger charge is -2.14. The number of hydrogen-bond donors (Lipinski definition) is 1. The van der Waals surface area contributed by atoms with E-state index in [1.165, 1.54) is 31.2 Å². The molecule has 6 nitrogen and oxygen atoms in total. The summed E-state index contributed by atoms with van der Waals surface area (Å²) in [5.74, 6) is 0. The quantitative estimate of drug-likeness (QED) is 0.781. The first kappa shape index (κ1) is 14.9. The highest BCUT2D eigenvalue weighted by atomic mass is 32.2. The van der Waals surface area contributed by atoms with Crippen LogP contribution < -0.4 is 4.72 Å². The van der Waals surface area contributed by atoms with E-state index in [-0.39, 0.29) is 10.6 Å². The Morgan fingerprint density at radius 3 is 2.85 bits per heavy atom. The smallest absolute Gasteiger partial charge is 0.243 e. The Labute approximate surface area is 119 Å². The van der Waals surface area contributed by atoms with E-state index in [9.17, 15) is 8.42 Å². The maximum absolute atomic E-state index is 12.1. The van der Waals surface area contributed by atoms with Gasteiger partial charge < -0.3 is 4.90 Å². The molecule has 1 aromatic heterocycles. The van der Waals surface area contributed by atoms with Crippen molar-refractivity contribution in [1.29, 1.82) is 5.26 Å². The van der Waals surface area contributed by atoms with Gasteiger partial charge in [-0.2, -0.15) is 5.26 Å². The van der Waals surface area contributed by atoms with Crippen LogP contribution in [0.2, 0.25) is 0 Å². The molecule has 0 aromatic carbocycles. The molecule has 1 N–H and O–H groups in total. The molecule has 0 radical (unpaired) electrons. The first-order chi connectivity index (χ1) is 9.63. The van der Waals surface area contributed by atoms with Gasteiger partial charge in [0.25, 0.3) is 0 Å². The van der Waals surface area contributed by atoms with E-state index in [2.05, 4.69) is 14.6 Å². The van der Waals surface area contributed by atoms with E-state index >= 15 is 0 Å². The minimum atomic E-state index is -3.65. The molecule has 2 rings (SSSR count). The standard InChI is InChI=1S/C13H18N4O2S/c14-11-12-13(5-3-6-15-12)20(18,19)16-7-4-10-17-8-1-2-9-17/h3,5-6,16H,1-2,4,7-10H2. The number of hydrogen-bond acceptors (Lipinski definition) is 5. The maximum Gasteiger partial charge on any atom is 0.243 e. The summed E-state index contributed by atoms with van der Waals surface area (Å²) in [6, 6.07) is 4.71. The molecule has 1 aliphatic heterocycles. The molecule has 2 heterocycles. The molecule has 0 spiro atoms. The maximum atomic E-state index is 12.1. The molecule has 0 unspecified atom stereocenters. The zero-order valence-electron chi connectivity index (χ0n) is 11.2. The van der Waals surface area contributed by atoms with Crippen molar-refractivity contribution in [2.75, 3.05) is 26.2 Å². The van der Waals surface area contributed by atoms with Crippen LogP contribution >= 0.6 is 0 Å². The lowest BCUT2D eigenvalue weighted by atomic mass is 10.4. The van der Waals surface area contributed by atoms with Gasteiger partial charge in [-0.3, -0.25) is 0 Å². The molecule has 0 saturated carbocycles. The van der Waals surface area contributed by atoms with Crippen LogP contribution in [0.5, 0.6) is 0 Å². The first-order valence-electron chi connectivity index (χ1n) is 6.70. The van der Waals surface area contributed by atoms with Crippen molar-refractivity contribution in [2.45, 2.75) is 24.2 Å². The number of nitrogens with one attached hydrogen (secondary N) is 1. The lowest BCUT2D eigenvalue weighted by Crippen LogP contribution is -2.29. The van der Waals surface area contributed by atoms with Gasteiger partial charge in [-0.15, -0.1) is 0 Å². The second kappa shape index (κ2) is 6.79. The molecule has 1 aliphatic rings. The molecular weight excluding hydrogens is 276 g/mol. The van der Waals surface area contributed by atoms with Crippen LogP contribution in [0.25, 0.3) is 0 Å². The number of nitriles is 1. The molecule has 108 valence electrons. The average Bonchev–Trinajstić information content (AvgIpc) is 2.97. The van der Waals surface area contributed by atoms with Crippen molar-refractivity contribution in [2.24, 2.45) is 0 Å². The van der Waals surface area contributed by atoms with Gasteiger partial charge in [0.05, 0.1) is 0 Å². The van der Waals surface area contributed by atoms with Crippen molar-refractivity contribution >= 4 is 10.0 Å². The fourth-order valence-corrected chi connectivity index (χ4v) is 3.46. The van der Waals surface area contributed by atoms with Gasteiger partial charge in [0.2, 0.25) is 10.0 Å². The Hall–Kier alpha value is -1.49. The Kier molecular flexibility index (Phi) is 5.06. The number of pyridine rings is 1. The highest BCUT2D eigenvalue weighted by molar-refractivity contribution is 7.89. The SMILES string of the molecule is N#Cc1ncccc1S(=O)(=O)NCCCN1CCCC1. The van der Waals surface area contributed by atoms with Crippen LogP contribution in [0.4, 0.5) is 0 Å². The highest BCUT2D eigenvalue weighted by Crippen LogP contribution is 2.12. The Morgan fingerprint density at radius 2 is 2.15 bits per heavy atom. The second-order valence-electron chi connectivity index (χ2n) is 4.76. The monoisotopic (exact) mass is 294 g/mol. The number of aromatic nitrogens is 1. The van der Waals surface area contributed by atoms with Gasteiger partial charge in [-0.05, 0) is 51.0 Å². The molecule has 1 aromatic rings. The second-order valence-corrected chi connectivity index (χ2v) is 6.50. The van der Waals surface area contributed by atoms with Gasteiger partial charge in [0.1, 0.15) is 11.0 Å². The van der Waals surface area contributed by atoms with E-state index in [1.54, 1.807) is 6.07 Å². The average molecular weight is 294 g/mol. The third-order valence-electron chi connectivity index (χ3n) is 3.31. The minimum absolute atomic E-state index is 0.0522. The van der Waals surface area contributed by atoms with E-state index in [1.807, 2.05) is 0 Å². The van der Waals surface area contributed by atoms with Gasteiger partial charge in [0.15, 0.2) is 5.69 Å². The molecule has 7 heteroatoms. The van der Waals surface area contributed by atoms with E-state index in [0.29, 0.717) is 6.54 Å². The molecular formula is C13H18N4O2S. The summed E-state index contributed by atoms with van der Waals surface area (Å²) >= 11 is 0. The Balaban J connectivity index is 1.89. The van der Waals surface area contributed by atoms with Crippen molar-refractivity contribution in [3.8, 4) is 6.07 Å². The topological polar surface area (TPSA) is 86.1 Å². The van der Waals surface area contributed by atoms with E-state index in [0.717, 1.165) is 26.1 Å². The summed E-state index contributed by atoms with van der Waals surface area (Å²) in [5.41, 5.74) is -0.0699. The predicted octanol–water partition coefficient (Wildman–Crippen LogP) is 0.717.